The number of rotatable bonds is 4. The number of primary amides is 1. The van der Waals surface area contributed by atoms with Crippen LogP contribution < -0.4 is 15.8 Å². The van der Waals surface area contributed by atoms with Crippen LogP contribution in [-0.4, -0.2) is 18.6 Å². The van der Waals surface area contributed by atoms with Crippen LogP contribution in [0.15, 0.2) is 48.5 Å². The van der Waals surface area contributed by atoms with Gasteiger partial charge in [-0.25, -0.2) is 0 Å². The van der Waals surface area contributed by atoms with E-state index in [1.54, 1.807) is 7.11 Å². The lowest BCUT2D eigenvalue weighted by molar-refractivity contribution is -0.122. The molecule has 3 rings (SSSR count). The fourth-order valence-corrected chi connectivity index (χ4v) is 2.92. The number of ether oxygens (including phenoxy) is 1. The van der Waals surface area contributed by atoms with Gasteiger partial charge in [0.25, 0.3) is 0 Å². The number of carbonyl (C=O) groups is 1. The van der Waals surface area contributed by atoms with Gasteiger partial charge in [0, 0.05) is 24.6 Å². The van der Waals surface area contributed by atoms with Gasteiger partial charge in [-0.15, -0.1) is 0 Å². The zero-order valence-electron chi connectivity index (χ0n) is 11.9. The summed E-state index contributed by atoms with van der Waals surface area (Å²) in [5.41, 5.74) is 8.11. The highest BCUT2D eigenvalue weighted by Gasteiger charge is 2.42. The molecule has 0 bridgehead atoms. The highest BCUT2D eigenvalue weighted by molar-refractivity contribution is 5.90. The molecule has 0 heterocycles. The van der Waals surface area contributed by atoms with Gasteiger partial charge >= 0.3 is 0 Å². The topological polar surface area (TPSA) is 64.3 Å². The summed E-state index contributed by atoms with van der Waals surface area (Å²) >= 11 is 0. The molecule has 1 amide bonds. The molecule has 0 unspecified atom stereocenters. The molecule has 0 fully saturated rings. The number of nitrogens with two attached hydrogens (primary N) is 1. The molecule has 2 aromatic rings. The van der Waals surface area contributed by atoms with Crippen LogP contribution in [0, 0.1) is 0 Å². The predicted molar refractivity (Wildman–Crippen MR) is 82.4 cm³/mol. The van der Waals surface area contributed by atoms with Crippen molar-refractivity contribution in [1.82, 2.24) is 0 Å². The van der Waals surface area contributed by atoms with Gasteiger partial charge < -0.3 is 15.8 Å². The quantitative estimate of drug-likeness (QED) is 0.903. The molecule has 4 nitrogen and oxygen atoms in total. The zero-order chi connectivity index (χ0) is 14.9. The molecule has 0 radical (unpaired) electrons. The minimum absolute atomic E-state index is 0.332. The Morgan fingerprint density at radius 2 is 1.81 bits per heavy atom. The third kappa shape index (κ3) is 2.44. The van der Waals surface area contributed by atoms with E-state index < -0.39 is 5.54 Å². The third-order valence-electron chi connectivity index (χ3n) is 4.03. The number of amides is 1. The predicted octanol–water partition coefficient (Wildman–Crippen LogP) is 2.13. The van der Waals surface area contributed by atoms with Crippen molar-refractivity contribution < 1.29 is 9.53 Å². The van der Waals surface area contributed by atoms with E-state index in [1.165, 1.54) is 11.1 Å². The van der Waals surface area contributed by atoms with Gasteiger partial charge in [0.05, 0.1) is 7.11 Å². The minimum atomic E-state index is -0.768. The van der Waals surface area contributed by atoms with Crippen molar-refractivity contribution >= 4 is 11.6 Å². The summed E-state index contributed by atoms with van der Waals surface area (Å²) in [6, 6.07) is 15.6. The summed E-state index contributed by atoms with van der Waals surface area (Å²) < 4.78 is 5.22. The van der Waals surface area contributed by atoms with Crippen LogP contribution in [0.5, 0.6) is 5.75 Å². The Balaban J connectivity index is 1.92. The van der Waals surface area contributed by atoms with Crippen LogP contribution in [0.2, 0.25) is 0 Å². The summed E-state index contributed by atoms with van der Waals surface area (Å²) in [5, 5.41) is 3.32. The Kier molecular flexibility index (Phi) is 3.29. The summed E-state index contributed by atoms with van der Waals surface area (Å²) in [5.74, 6) is 0.414. The zero-order valence-corrected chi connectivity index (χ0v) is 11.9. The first-order chi connectivity index (χ1) is 10.1. The molecule has 3 N–H and O–H groups in total. The van der Waals surface area contributed by atoms with Gasteiger partial charge in [0.15, 0.2) is 0 Å². The van der Waals surface area contributed by atoms with Crippen molar-refractivity contribution in [2.45, 2.75) is 18.4 Å². The second kappa shape index (κ2) is 5.13. The fraction of sp³-hybridized carbons (Fsp3) is 0.235. The normalized spacial score (nSPS) is 15.3. The van der Waals surface area contributed by atoms with E-state index in [1.807, 2.05) is 48.5 Å². The minimum Gasteiger partial charge on any atom is -0.497 e. The Bertz CT molecular complexity index is 657. The van der Waals surface area contributed by atoms with Crippen LogP contribution in [0.3, 0.4) is 0 Å². The summed E-state index contributed by atoms with van der Waals surface area (Å²) in [6.45, 7) is 0. The Morgan fingerprint density at radius 3 is 2.38 bits per heavy atom. The van der Waals surface area contributed by atoms with Gasteiger partial charge in [-0.05, 0) is 23.3 Å². The number of methoxy groups -OCH3 is 1. The molecule has 0 saturated heterocycles. The smallest absolute Gasteiger partial charge is 0.243 e. The Hall–Kier alpha value is -2.49. The number of hydrogen-bond donors (Lipinski definition) is 2. The molecule has 1 aliphatic carbocycles. The second-order valence-electron chi connectivity index (χ2n) is 5.43. The number of anilines is 1. The van der Waals surface area contributed by atoms with Crippen LogP contribution in [0.4, 0.5) is 5.69 Å². The number of carbonyl (C=O) groups excluding carboxylic acids is 1. The molecule has 0 aromatic heterocycles. The third-order valence-corrected chi connectivity index (χ3v) is 4.03. The number of fused-ring (bicyclic) bond motifs is 1. The van der Waals surface area contributed by atoms with Crippen LogP contribution in [-0.2, 0) is 17.6 Å². The molecule has 0 saturated carbocycles. The maximum atomic E-state index is 12.1. The SMILES string of the molecule is COc1cccc(NC2(C(N)=O)Cc3ccccc3C2)c1. The van der Waals surface area contributed by atoms with Gasteiger partial charge in [-0.2, -0.15) is 0 Å². The van der Waals surface area contributed by atoms with Crippen molar-refractivity contribution in [3.8, 4) is 5.75 Å². The summed E-state index contributed by atoms with van der Waals surface area (Å²) in [7, 11) is 1.62. The van der Waals surface area contributed by atoms with Crippen molar-refractivity contribution in [3.05, 3.63) is 59.7 Å². The van der Waals surface area contributed by atoms with E-state index >= 15 is 0 Å². The van der Waals surface area contributed by atoms with E-state index in [-0.39, 0.29) is 5.91 Å². The standard InChI is InChI=1S/C17H18N2O2/c1-21-15-8-4-7-14(9-15)19-17(16(18)20)10-12-5-2-3-6-13(12)11-17/h2-9,19H,10-11H2,1H3,(H2,18,20). The van der Waals surface area contributed by atoms with Gasteiger partial charge in [-0.3, -0.25) is 4.79 Å². The van der Waals surface area contributed by atoms with Crippen molar-refractivity contribution in [2.24, 2.45) is 5.73 Å². The molecule has 0 aliphatic heterocycles. The first-order valence-electron chi connectivity index (χ1n) is 6.92. The molecular weight excluding hydrogens is 264 g/mol. The Morgan fingerprint density at radius 1 is 1.14 bits per heavy atom. The lowest BCUT2D eigenvalue weighted by Crippen LogP contribution is -2.51. The first-order valence-corrected chi connectivity index (χ1v) is 6.92. The molecule has 108 valence electrons. The monoisotopic (exact) mass is 282 g/mol. The lowest BCUT2D eigenvalue weighted by Gasteiger charge is -2.28. The first kappa shape index (κ1) is 13.5. The van der Waals surface area contributed by atoms with Crippen LogP contribution in [0.1, 0.15) is 11.1 Å². The lowest BCUT2D eigenvalue weighted by atomic mass is 9.94. The number of hydrogen-bond acceptors (Lipinski definition) is 3. The van der Waals surface area contributed by atoms with E-state index in [4.69, 9.17) is 10.5 Å². The molecule has 1 aliphatic rings. The van der Waals surface area contributed by atoms with Crippen molar-refractivity contribution in [2.75, 3.05) is 12.4 Å². The molecule has 4 heteroatoms. The molecule has 21 heavy (non-hydrogen) atoms. The Labute approximate surface area is 123 Å². The largest absolute Gasteiger partial charge is 0.497 e. The summed E-state index contributed by atoms with van der Waals surface area (Å²) in [4.78, 5) is 12.1. The van der Waals surface area contributed by atoms with Crippen molar-refractivity contribution in [1.29, 1.82) is 0 Å². The number of benzene rings is 2. The van der Waals surface area contributed by atoms with Crippen LogP contribution in [0.25, 0.3) is 0 Å². The van der Waals surface area contributed by atoms with Gasteiger partial charge in [0.2, 0.25) is 5.91 Å². The van der Waals surface area contributed by atoms with E-state index in [2.05, 4.69) is 5.32 Å². The maximum absolute atomic E-state index is 12.1. The maximum Gasteiger partial charge on any atom is 0.243 e. The fourth-order valence-electron chi connectivity index (χ4n) is 2.92. The average molecular weight is 282 g/mol. The van der Waals surface area contributed by atoms with Crippen molar-refractivity contribution in [3.63, 3.8) is 0 Å². The highest BCUT2D eigenvalue weighted by Crippen LogP contribution is 2.33. The highest BCUT2D eigenvalue weighted by atomic mass is 16.5. The second-order valence-corrected chi connectivity index (χ2v) is 5.43. The van der Waals surface area contributed by atoms with Gasteiger partial charge in [-0.1, -0.05) is 30.3 Å². The van der Waals surface area contributed by atoms with E-state index in [0.717, 1.165) is 11.4 Å². The molecule has 0 spiro atoms. The van der Waals surface area contributed by atoms with E-state index in [0.29, 0.717) is 12.8 Å². The van der Waals surface area contributed by atoms with Gasteiger partial charge in [0.1, 0.15) is 11.3 Å². The number of nitrogens with one attached hydrogen (secondary N) is 1. The molecule has 2 aromatic carbocycles. The molecule has 0 atom stereocenters. The molecular formula is C17H18N2O2. The van der Waals surface area contributed by atoms with Crippen LogP contribution >= 0.6 is 0 Å². The average Bonchev–Trinajstić information content (AvgIpc) is 2.86. The summed E-state index contributed by atoms with van der Waals surface area (Å²) in [6.07, 6.45) is 1.21. The van der Waals surface area contributed by atoms with E-state index in [9.17, 15) is 4.79 Å².